The van der Waals surface area contributed by atoms with Crippen LogP contribution in [0.3, 0.4) is 0 Å². The molecule has 1 atom stereocenters. The molecule has 1 N–H and O–H groups in total. The molecule has 2 rings (SSSR count). The first kappa shape index (κ1) is 22.9. The van der Waals surface area contributed by atoms with E-state index in [4.69, 9.17) is 4.74 Å². The first-order valence-electron chi connectivity index (χ1n) is 9.84. The maximum Gasteiger partial charge on any atom is 0.261 e. The fraction of sp³-hybridized carbons (Fsp3) is 0.391. The monoisotopic (exact) mass is 460 g/mol. The Morgan fingerprint density at radius 2 is 1.83 bits per heavy atom. The molecule has 2 aromatic carbocycles. The largest absolute Gasteiger partial charge is 0.483 e. The Morgan fingerprint density at radius 3 is 2.38 bits per heavy atom. The van der Waals surface area contributed by atoms with Crippen molar-refractivity contribution in [3.63, 3.8) is 0 Å². The second-order valence-electron chi connectivity index (χ2n) is 7.18. The fourth-order valence-electron chi connectivity index (χ4n) is 3.08. The van der Waals surface area contributed by atoms with E-state index in [1.807, 2.05) is 55.5 Å². The van der Waals surface area contributed by atoms with Crippen molar-refractivity contribution in [2.24, 2.45) is 0 Å². The lowest BCUT2D eigenvalue weighted by Gasteiger charge is -2.30. The minimum absolute atomic E-state index is 0.139. The third-order valence-corrected chi connectivity index (χ3v) is 5.42. The topological polar surface area (TPSA) is 58.6 Å². The van der Waals surface area contributed by atoms with Crippen LogP contribution in [-0.2, 0) is 16.1 Å². The van der Waals surface area contributed by atoms with Crippen LogP contribution in [0.2, 0.25) is 0 Å². The van der Waals surface area contributed by atoms with Crippen LogP contribution in [0.1, 0.15) is 44.2 Å². The molecule has 0 aromatic heterocycles. The van der Waals surface area contributed by atoms with Gasteiger partial charge in [-0.25, -0.2) is 0 Å². The Kier molecular flexibility index (Phi) is 8.70. The van der Waals surface area contributed by atoms with Crippen LogP contribution in [0.25, 0.3) is 0 Å². The molecular formula is C23H29BrN2O3. The molecule has 0 saturated carbocycles. The van der Waals surface area contributed by atoms with Crippen molar-refractivity contribution in [2.45, 2.75) is 45.7 Å². The maximum absolute atomic E-state index is 13.0. The SMILES string of the molecule is CC[C@@H](C(=O)NC)N(Cc1ccccc1)C(=O)COc1ccc(C(C)C)cc1Br. The number of amides is 2. The highest BCUT2D eigenvalue weighted by molar-refractivity contribution is 9.10. The van der Waals surface area contributed by atoms with E-state index >= 15 is 0 Å². The highest BCUT2D eigenvalue weighted by Crippen LogP contribution is 2.29. The molecule has 2 aromatic rings. The molecule has 0 aliphatic rings. The van der Waals surface area contributed by atoms with E-state index in [0.29, 0.717) is 24.6 Å². The van der Waals surface area contributed by atoms with Gasteiger partial charge in [-0.15, -0.1) is 0 Å². The molecule has 2 amide bonds. The number of nitrogens with one attached hydrogen (secondary N) is 1. The van der Waals surface area contributed by atoms with Crippen LogP contribution in [-0.4, -0.2) is 36.4 Å². The number of hydrogen-bond donors (Lipinski definition) is 1. The molecule has 156 valence electrons. The lowest BCUT2D eigenvalue weighted by atomic mass is 10.0. The van der Waals surface area contributed by atoms with Crippen molar-refractivity contribution in [3.8, 4) is 5.75 Å². The maximum atomic E-state index is 13.0. The van der Waals surface area contributed by atoms with Gasteiger partial charge in [-0.2, -0.15) is 0 Å². The van der Waals surface area contributed by atoms with Crippen LogP contribution in [0.15, 0.2) is 53.0 Å². The molecule has 6 heteroatoms. The smallest absolute Gasteiger partial charge is 0.261 e. The summed E-state index contributed by atoms with van der Waals surface area (Å²) < 4.78 is 6.60. The van der Waals surface area contributed by atoms with Crippen molar-refractivity contribution in [3.05, 3.63) is 64.1 Å². The number of rotatable bonds is 9. The van der Waals surface area contributed by atoms with Crippen molar-refractivity contribution in [1.82, 2.24) is 10.2 Å². The lowest BCUT2D eigenvalue weighted by Crippen LogP contribution is -2.49. The zero-order chi connectivity index (χ0) is 21.4. The summed E-state index contributed by atoms with van der Waals surface area (Å²) in [5.41, 5.74) is 2.15. The zero-order valence-electron chi connectivity index (χ0n) is 17.4. The summed E-state index contributed by atoms with van der Waals surface area (Å²) in [6, 6.07) is 15.0. The molecule has 0 saturated heterocycles. The summed E-state index contributed by atoms with van der Waals surface area (Å²) in [4.78, 5) is 27.0. The van der Waals surface area contributed by atoms with E-state index in [-0.39, 0.29) is 18.4 Å². The molecule has 0 bridgehead atoms. The van der Waals surface area contributed by atoms with Crippen molar-refractivity contribution < 1.29 is 14.3 Å². The molecule has 0 spiro atoms. The Morgan fingerprint density at radius 1 is 1.14 bits per heavy atom. The van der Waals surface area contributed by atoms with Gasteiger partial charge in [-0.3, -0.25) is 9.59 Å². The quantitative estimate of drug-likeness (QED) is 0.598. The van der Waals surface area contributed by atoms with Gasteiger partial charge in [-0.05, 0) is 51.5 Å². The highest BCUT2D eigenvalue weighted by Gasteiger charge is 2.28. The molecule has 29 heavy (non-hydrogen) atoms. The van der Waals surface area contributed by atoms with Crippen LogP contribution in [0.4, 0.5) is 0 Å². The number of carbonyl (C=O) groups is 2. The molecule has 0 unspecified atom stereocenters. The summed E-state index contributed by atoms with van der Waals surface area (Å²) in [5.74, 6) is 0.597. The summed E-state index contributed by atoms with van der Waals surface area (Å²) >= 11 is 3.52. The molecule has 0 aliphatic carbocycles. The third-order valence-electron chi connectivity index (χ3n) is 4.80. The van der Waals surface area contributed by atoms with Gasteiger partial charge < -0.3 is 15.0 Å². The van der Waals surface area contributed by atoms with E-state index in [0.717, 1.165) is 10.0 Å². The summed E-state index contributed by atoms with van der Waals surface area (Å²) in [5, 5.41) is 2.66. The average Bonchev–Trinajstić information content (AvgIpc) is 2.72. The van der Waals surface area contributed by atoms with Gasteiger partial charge in [0.1, 0.15) is 11.8 Å². The van der Waals surface area contributed by atoms with Crippen LogP contribution in [0.5, 0.6) is 5.75 Å². The Labute approximate surface area is 181 Å². The number of carbonyl (C=O) groups excluding carboxylic acids is 2. The van der Waals surface area contributed by atoms with Gasteiger partial charge in [0.2, 0.25) is 5.91 Å². The van der Waals surface area contributed by atoms with E-state index in [2.05, 4.69) is 35.1 Å². The van der Waals surface area contributed by atoms with Gasteiger partial charge in [0.15, 0.2) is 6.61 Å². The molecule has 0 aliphatic heterocycles. The lowest BCUT2D eigenvalue weighted by molar-refractivity contribution is -0.142. The summed E-state index contributed by atoms with van der Waals surface area (Å²) in [6.45, 7) is 6.35. The minimum Gasteiger partial charge on any atom is -0.483 e. The van der Waals surface area contributed by atoms with Crippen molar-refractivity contribution >= 4 is 27.7 Å². The number of halogens is 1. The normalized spacial score (nSPS) is 11.8. The Hall–Kier alpha value is -2.34. The highest BCUT2D eigenvalue weighted by atomic mass is 79.9. The number of hydrogen-bond acceptors (Lipinski definition) is 3. The van der Waals surface area contributed by atoms with Crippen molar-refractivity contribution in [2.75, 3.05) is 13.7 Å². The number of likely N-dealkylation sites (N-methyl/N-ethyl adjacent to an activating group) is 1. The van der Waals surface area contributed by atoms with Crippen LogP contribution in [0, 0.1) is 0 Å². The second-order valence-corrected chi connectivity index (χ2v) is 8.03. The standard InChI is InChI=1S/C23H29BrN2O3/c1-5-20(23(28)25-4)26(14-17-9-7-6-8-10-17)22(27)15-29-21-12-11-18(16(2)3)13-19(21)24/h6-13,16,20H,5,14-15H2,1-4H3,(H,25,28)/t20-/m0/s1. The predicted octanol–water partition coefficient (Wildman–Crippen LogP) is 4.50. The minimum atomic E-state index is -0.553. The van der Waals surface area contributed by atoms with E-state index in [1.54, 1.807) is 11.9 Å². The molecule has 0 radical (unpaired) electrons. The average molecular weight is 461 g/mol. The predicted molar refractivity (Wildman–Crippen MR) is 119 cm³/mol. The second kappa shape index (κ2) is 11.0. The number of benzene rings is 2. The number of nitrogens with zero attached hydrogens (tertiary/aromatic N) is 1. The van der Waals surface area contributed by atoms with Gasteiger partial charge in [0, 0.05) is 13.6 Å². The summed E-state index contributed by atoms with van der Waals surface area (Å²) in [6.07, 6.45) is 0.519. The first-order valence-corrected chi connectivity index (χ1v) is 10.6. The van der Waals surface area contributed by atoms with E-state index < -0.39 is 6.04 Å². The Balaban J connectivity index is 2.17. The Bertz CT molecular complexity index is 824. The molecule has 0 fully saturated rings. The van der Waals surface area contributed by atoms with Crippen molar-refractivity contribution in [1.29, 1.82) is 0 Å². The third kappa shape index (κ3) is 6.32. The van der Waals surface area contributed by atoms with Crippen LogP contribution < -0.4 is 10.1 Å². The van der Waals surface area contributed by atoms with E-state index in [1.165, 1.54) is 5.56 Å². The zero-order valence-corrected chi connectivity index (χ0v) is 19.0. The molecule has 5 nitrogen and oxygen atoms in total. The molecule has 0 heterocycles. The van der Waals surface area contributed by atoms with E-state index in [9.17, 15) is 9.59 Å². The first-order chi connectivity index (χ1) is 13.9. The number of ether oxygens (including phenoxy) is 1. The van der Waals surface area contributed by atoms with Gasteiger partial charge >= 0.3 is 0 Å². The van der Waals surface area contributed by atoms with Gasteiger partial charge in [0.05, 0.1) is 4.47 Å². The van der Waals surface area contributed by atoms with Gasteiger partial charge in [-0.1, -0.05) is 57.2 Å². The fourth-order valence-corrected chi connectivity index (χ4v) is 3.59. The molecular weight excluding hydrogens is 432 g/mol. The van der Waals surface area contributed by atoms with Gasteiger partial charge in [0.25, 0.3) is 5.91 Å². The van der Waals surface area contributed by atoms with Crippen LogP contribution >= 0.6 is 15.9 Å². The summed E-state index contributed by atoms with van der Waals surface area (Å²) in [7, 11) is 1.58.